The maximum Gasteiger partial charge on any atom is 0.416 e. The van der Waals surface area contributed by atoms with Crippen molar-refractivity contribution < 1.29 is 23.1 Å². The zero-order valence-corrected chi connectivity index (χ0v) is 22.0. The number of alkyl halides is 3. The van der Waals surface area contributed by atoms with Crippen LogP contribution >= 0.6 is 0 Å². The van der Waals surface area contributed by atoms with Crippen molar-refractivity contribution in [1.29, 1.82) is 0 Å². The van der Waals surface area contributed by atoms with Gasteiger partial charge in [0.25, 0.3) is 0 Å². The van der Waals surface area contributed by atoms with E-state index in [1.54, 1.807) is 12.3 Å². The van der Waals surface area contributed by atoms with Crippen molar-refractivity contribution in [3.8, 4) is 11.4 Å². The van der Waals surface area contributed by atoms with Gasteiger partial charge in [0, 0.05) is 18.8 Å². The number of anilines is 1. The van der Waals surface area contributed by atoms with Crippen molar-refractivity contribution in [3.63, 3.8) is 0 Å². The maximum absolute atomic E-state index is 13.2. The summed E-state index contributed by atoms with van der Waals surface area (Å²) in [7, 11) is 0. The number of nitrogens with zero attached hydrogens (tertiary/aromatic N) is 4. The van der Waals surface area contributed by atoms with Crippen molar-refractivity contribution >= 4 is 22.8 Å². The van der Waals surface area contributed by atoms with E-state index in [0.717, 1.165) is 37.0 Å². The number of aromatic carboxylic acids is 1. The summed E-state index contributed by atoms with van der Waals surface area (Å²) in [6.45, 7) is 6.42. The number of aromatic nitrogens is 4. The van der Waals surface area contributed by atoms with E-state index in [1.807, 2.05) is 16.7 Å². The molecule has 5 rings (SSSR count). The molecular weight excluding hydrogens is 507 g/mol. The van der Waals surface area contributed by atoms with E-state index >= 15 is 0 Å². The molecule has 3 heterocycles. The van der Waals surface area contributed by atoms with Crippen LogP contribution in [0.2, 0.25) is 0 Å². The molecule has 7 nitrogen and oxygen atoms in total. The number of hydrogen-bond acceptors (Lipinski definition) is 5. The lowest BCUT2D eigenvalue weighted by Gasteiger charge is -2.32. The number of nitrogens with one attached hydrogen (secondary N) is 1. The van der Waals surface area contributed by atoms with Gasteiger partial charge in [0.05, 0.1) is 22.5 Å². The van der Waals surface area contributed by atoms with Crippen LogP contribution in [0.3, 0.4) is 0 Å². The summed E-state index contributed by atoms with van der Waals surface area (Å²) in [5.41, 5.74) is 3.32. The van der Waals surface area contributed by atoms with E-state index < -0.39 is 17.7 Å². The first-order valence-electron chi connectivity index (χ1n) is 13.0. The van der Waals surface area contributed by atoms with E-state index in [4.69, 9.17) is 0 Å². The monoisotopic (exact) mass is 537 g/mol. The number of fused-ring (bicyclic) bond motifs is 1. The molecule has 1 aromatic carbocycles. The molecule has 1 unspecified atom stereocenters. The summed E-state index contributed by atoms with van der Waals surface area (Å²) < 4.78 is 41.5. The highest BCUT2D eigenvalue weighted by Gasteiger charge is 2.30. The molecule has 39 heavy (non-hydrogen) atoms. The Morgan fingerprint density at radius 2 is 1.82 bits per heavy atom. The van der Waals surface area contributed by atoms with Crippen LogP contribution in [0.1, 0.15) is 73.3 Å². The van der Waals surface area contributed by atoms with Crippen LogP contribution in [0.25, 0.3) is 22.4 Å². The van der Waals surface area contributed by atoms with Crippen molar-refractivity contribution in [1.82, 2.24) is 19.5 Å². The molecule has 10 heteroatoms. The second-order valence-corrected chi connectivity index (χ2v) is 10.5. The minimum absolute atomic E-state index is 0.0544. The third-order valence-electron chi connectivity index (χ3n) is 7.49. The normalized spacial score (nSPS) is 14.9. The molecule has 3 aromatic heterocycles. The quantitative estimate of drug-likeness (QED) is 0.252. The molecule has 1 saturated carbocycles. The van der Waals surface area contributed by atoms with Gasteiger partial charge in [-0.15, -0.1) is 0 Å². The lowest BCUT2D eigenvalue weighted by Crippen LogP contribution is -2.31. The Hall–Kier alpha value is -3.95. The van der Waals surface area contributed by atoms with Gasteiger partial charge in [0.15, 0.2) is 5.82 Å². The highest BCUT2D eigenvalue weighted by Crippen LogP contribution is 2.36. The Bertz CT molecular complexity index is 1510. The van der Waals surface area contributed by atoms with Gasteiger partial charge in [-0.25, -0.2) is 14.8 Å². The molecular formula is C29H30F3N5O2. The molecule has 0 spiro atoms. The van der Waals surface area contributed by atoms with Gasteiger partial charge in [-0.2, -0.15) is 13.2 Å². The summed E-state index contributed by atoms with van der Waals surface area (Å²) in [5.74, 6) is -0.486. The minimum Gasteiger partial charge on any atom is -0.475 e. The molecule has 0 saturated heterocycles. The number of carboxylic acid groups (broad SMARTS) is 1. The average molecular weight is 538 g/mol. The minimum atomic E-state index is -4.43. The molecule has 1 atom stereocenters. The predicted octanol–water partition coefficient (Wildman–Crippen LogP) is 6.98. The van der Waals surface area contributed by atoms with Gasteiger partial charge in [-0.1, -0.05) is 32.4 Å². The fraction of sp³-hybridized carbons (Fsp3) is 0.379. The van der Waals surface area contributed by atoms with Crippen LogP contribution < -0.4 is 5.32 Å². The topological polar surface area (TPSA) is 92.9 Å². The predicted molar refractivity (Wildman–Crippen MR) is 143 cm³/mol. The number of carbonyl (C=O) groups is 1. The highest BCUT2D eigenvalue weighted by atomic mass is 19.4. The summed E-state index contributed by atoms with van der Waals surface area (Å²) in [4.78, 5) is 25.2. The van der Waals surface area contributed by atoms with Crippen LogP contribution in [-0.4, -0.2) is 36.6 Å². The molecule has 1 aliphatic carbocycles. The zero-order valence-electron chi connectivity index (χ0n) is 22.0. The van der Waals surface area contributed by atoms with Crippen LogP contribution in [0.15, 0.2) is 48.7 Å². The smallest absolute Gasteiger partial charge is 0.416 e. The number of halogens is 3. The van der Waals surface area contributed by atoms with Gasteiger partial charge in [-0.05, 0) is 73.1 Å². The molecule has 2 N–H and O–H groups in total. The second-order valence-electron chi connectivity index (χ2n) is 10.5. The number of benzene rings is 1. The van der Waals surface area contributed by atoms with E-state index in [1.165, 1.54) is 12.1 Å². The van der Waals surface area contributed by atoms with Gasteiger partial charge >= 0.3 is 12.1 Å². The fourth-order valence-electron chi connectivity index (χ4n) is 4.94. The fourth-order valence-corrected chi connectivity index (χ4v) is 4.94. The number of carboxylic acids is 1. The standard InChI is InChI=1S/C29H30F3N5O2/c1-16(2)20-11-12-33-22(13-20)24-14-23-25(37(24)15-18-7-9-21(10-8-18)29(30,31)32)26(36-27(35-23)28(38)39)34-17(3)19-5-4-6-19/h7-14,16-17,19H,4-6,15H2,1-3H3,(H,38,39)(H,34,35,36). The van der Waals surface area contributed by atoms with Gasteiger partial charge < -0.3 is 15.0 Å². The molecule has 0 amide bonds. The van der Waals surface area contributed by atoms with E-state index in [2.05, 4.69) is 41.0 Å². The van der Waals surface area contributed by atoms with E-state index in [0.29, 0.717) is 39.7 Å². The highest BCUT2D eigenvalue weighted by molar-refractivity contribution is 5.95. The second kappa shape index (κ2) is 10.3. The molecule has 0 bridgehead atoms. The van der Waals surface area contributed by atoms with E-state index in [9.17, 15) is 23.1 Å². The van der Waals surface area contributed by atoms with Gasteiger partial charge in [0.2, 0.25) is 5.82 Å². The van der Waals surface area contributed by atoms with Crippen LogP contribution in [-0.2, 0) is 12.7 Å². The Morgan fingerprint density at radius 3 is 2.41 bits per heavy atom. The van der Waals surface area contributed by atoms with Crippen molar-refractivity contribution in [2.75, 3.05) is 5.32 Å². The van der Waals surface area contributed by atoms with Crippen molar-refractivity contribution in [2.24, 2.45) is 5.92 Å². The third-order valence-corrected chi connectivity index (χ3v) is 7.49. The lowest BCUT2D eigenvalue weighted by molar-refractivity contribution is -0.137. The number of pyridine rings is 1. The molecule has 0 radical (unpaired) electrons. The average Bonchev–Trinajstić information content (AvgIpc) is 3.21. The Balaban J connectivity index is 1.69. The molecule has 1 aliphatic rings. The first-order chi connectivity index (χ1) is 18.5. The lowest BCUT2D eigenvalue weighted by atomic mass is 9.80. The summed E-state index contributed by atoms with van der Waals surface area (Å²) in [5, 5.41) is 13.2. The van der Waals surface area contributed by atoms with Gasteiger partial charge in [-0.3, -0.25) is 4.98 Å². The van der Waals surface area contributed by atoms with Crippen molar-refractivity contribution in [2.45, 2.75) is 64.7 Å². The van der Waals surface area contributed by atoms with E-state index in [-0.39, 0.29) is 24.3 Å². The molecule has 0 aliphatic heterocycles. The Morgan fingerprint density at radius 1 is 1.10 bits per heavy atom. The maximum atomic E-state index is 13.2. The number of hydrogen-bond donors (Lipinski definition) is 2. The van der Waals surface area contributed by atoms with Crippen LogP contribution in [0.4, 0.5) is 19.0 Å². The van der Waals surface area contributed by atoms with Gasteiger partial charge in [0.1, 0.15) is 5.52 Å². The zero-order chi connectivity index (χ0) is 27.9. The van der Waals surface area contributed by atoms with Crippen molar-refractivity contribution in [3.05, 3.63) is 71.2 Å². The Labute approximate surface area is 224 Å². The first kappa shape index (κ1) is 26.6. The largest absolute Gasteiger partial charge is 0.475 e. The SMILES string of the molecule is CC(C)c1ccnc(-c2cc3nc(C(=O)O)nc(NC(C)C4CCC4)c3n2Cc2ccc(C(F)(F)F)cc2)c1. The first-order valence-corrected chi connectivity index (χ1v) is 13.0. The van der Waals surface area contributed by atoms with Crippen LogP contribution in [0, 0.1) is 5.92 Å². The molecule has 1 fully saturated rings. The Kier molecular flexibility index (Phi) is 7.05. The number of rotatable bonds is 8. The summed E-state index contributed by atoms with van der Waals surface area (Å²) >= 11 is 0. The summed E-state index contributed by atoms with van der Waals surface area (Å²) in [6, 6.07) is 10.8. The third kappa shape index (κ3) is 5.46. The summed E-state index contributed by atoms with van der Waals surface area (Å²) in [6.07, 6.45) is 0.607. The van der Waals surface area contributed by atoms with Crippen LogP contribution in [0.5, 0.6) is 0 Å². The molecule has 4 aromatic rings. The molecule has 204 valence electrons.